The summed E-state index contributed by atoms with van der Waals surface area (Å²) in [7, 11) is 0. The van der Waals surface area contributed by atoms with Crippen molar-refractivity contribution in [1.29, 1.82) is 0 Å². The van der Waals surface area contributed by atoms with E-state index in [1.165, 1.54) is 0 Å². The summed E-state index contributed by atoms with van der Waals surface area (Å²) < 4.78 is 4.55. The second kappa shape index (κ2) is 7.60. The van der Waals surface area contributed by atoms with Gasteiger partial charge in [-0.25, -0.2) is 0 Å². The standard InChI is InChI=1S/C6H14N2O.C5H10O2/c7-5-2-1-3-8-4-6(5)9;1-5(2,3)7-4-6/h5-6,8-9H,1-4,7H2;4H,1-3H3. The molecule has 5 nitrogen and oxygen atoms in total. The summed E-state index contributed by atoms with van der Waals surface area (Å²) in [5, 5.41) is 12.3. The Bertz CT molecular complexity index is 182. The van der Waals surface area contributed by atoms with Crippen molar-refractivity contribution in [2.75, 3.05) is 13.1 Å². The van der Waals surface area contributed by atoms with Crippen molar-refractivity contribution in [2.45, 2.75) is 51.4 Å². The molecule has 0 aromatic rings. The fraction of sp³-hybridized carbons (Fsp3) is 0.909. The topological polar surface area (TPSA) is 84.6 Å². The minimum absolute atomic E-state index is 0.0139. The van der Waals surface area contributed by atoms with Crippen LogP contribution in [-0.2, 0) is 9.53 Å². The van der Waals surface area contributed by atoms with Crippen LogP contribution in [0.5, 0.6) is 0 Å². The summed E-state index contributed by atoms with van der Waals surface area (Å²) in [5.74, 6) is 0. The molecule has 2 atom stereocenters. The molecule has 0 amide bonds. The SMILES string of the molecule is CC(C)(C)OC=O.NC1CCCNCC1O. The van der Waals surface area contributed by atoms with E-state index in [1.807, 2.05) is 20.8 Å². The van der Waals surface area contributed by atoms with Gasteiger partial charge in [0.25, 0.3) is 6.47 Å². The first-order chi connectivity index (χ1) is 7.37. The van der Waals surface area contributed by atoms with E-state index in [2.05, 4.69) is 10.1 Å². The van der Waals surface area contributed by atoms with E-state index in [1.54, 1.807) is 0 Å². The van der Waals surface area contributed by atoms with Gasteiger partial charge in [-0.2, -0.15) is 0 Å². The second-order valence-electron chi connectivity index (χ2n) is 4.90. The molecule has 1 aliphatic rings. The van der Waals surface area contributed by atoms with Crippen LogP contribution in [0.25, 0.3) is 0 Å². The molecule has 2 unspecified atom stereocenters. The van der Waals surface area contributed by atoms with Crippen LogP contribution in [-0.4, -0.2) is 42.4 Å². The fourth-order valence-electron chi connectivity index (χ4n) is 1.20. The lowest BCUT2D eigenvalue weighted by Crippen LogP contribution is -2.38. The number of nitrogens with two attached hydrogens (primary N) is 1. The van der Waals surface area contributed by atoms with E-state index in [0.717, 1.165) is 19.4 Å². The van der Waals surface area contributed by atoms with Gasteiger partial charge in [0.2, 0.25) is 0 Å². The Morgan fingerprint density at radius 3 is 2.56 bits per heavy atom. The van der Waals surface area contributed by atoms with Crippen LogP contribution in [0.15, 0.2) is 0 Å². The maximum atomic E-state index is 9.60. The molecule has 4 N–H and O–H groups in total. The lowest BCUT2D eigenvalue weighted by Gasteiger charge is -2.14. The highest BCUT2D eigenvalue weighted by atomic mass is 16.5. The van der Waals surface area contributed by atoms with E-state index < -0.39 is 0 Å². The number of carbonyl (C=O) groups excluding carboxylic acids is 1. The van der Waals surface area contributed by atoms with Crippen molar-refractivity contribution in [1.82, 2.24) is 5.32 Å². The number of nitrogens with one attached hydrogen (secondary N) is 1. The highest BCUT2D eigenvalue weighted by Crippen LogP contribution is 2.03. The van der Waals surface area contributed by atoms with Gasteiger partial charge in [-0.15, -0.1) is 0 Å². The summed E-state index contributed by atoms with van der Waals surface area (Å²) in [4.78, 5) is 9.60. The predicted molar refractivity (Wildman–Crippen MR) is 63.0 cm³/mol. The second-order valence-corrected chi connectivity index (χ2v) is 4.90. The summed E-state index contributed by atoms with van der Waals surface area (Å²) in [5.41, 5.74) is 5.27. The van der Waals surface area contributed by atoms with Crippen LogP contribution in [0.4, 0.5) is 0 Å². The largest absolute Gasteiger partial charge is 0.462 e. The molecule has 1 fully saturated rings. The number of ether oxygens (including phenoxy) is 1. The van der Waals surface area contributed by atoms with E-state index in [0.29, 0.717) is 13.0 Å². The molecule has 0 radical (unpaired) electrons. The Balaban J connectivity index is 0.000000293. The number of carbonyl (C=O) groups is 1. The van der Waals surface area contributed by atoms with Gasteiger partial charge in [0.1, 0.15) is 5.60 Å². The van der Waals surface area contributed by atoms with E-state index >= 15 is 0 Å². The zero-order chi connectivity index (χ0) is 12.6. The molecule has 0 aromatic heterocycles. The van der Waals surface area contributed by atoms with Crippen LogP contribution < -0.4 is 11.1 Å². The van der Waals surface area contributed by atoms with Gasteiger partial charge in [-0.05, 0) is 40.2 Å². The third-order valence-corrected chi connectivity index (χ3v) is 2.14. The Morgan fingerprint density at radius 2 is 2.12 bits per heavy atom. The highest BCUT2D eigenvalue weighted by Gasteiger charge is 2.16. The van der Waals surface area contributed by atoms with E-state index in [-0.39, 0.29) is 17.7 Å². The average molecular weight is 232 g/mol. The van der Waals surface area contributed by atoms with Gasteiger partial charge in [0.15, 0.2) is 0 Å². The van der Waals surface area contributed by atoms with Crippen molar-refractivity contribution in [3.8, 4) is 0 Å². The van der Waals surface area contributed by atoms with Crippen LogP contribution >= 0.6 is 0 Å². The molecule has 1 heterocycles. The number of hydrogen-bond acceptors (Lipinski definition) is 5. The number of aliphatic hydroxyl groups is 1. The maximum Gasteiger partial charge on any atom is 0.293 e. The maximum absolute atomic E-state index is 9.60. The molecule has 0 spiro atoms. The third-order valence-electron chi connectivity index (χ3n) is 2.14. The first-order valence-corrected chi connectivity index (χ1v) is 5.62. The Hall–Kier alpha value is -0.650. The minimum atomic E-state index is -0.340. The number of β-amino-alcohol motifs (C(OH)–C–C–N with tert-alkyl or cyclic N) is 1. The van der Waals surface area contributed by atoms with Crippen molar-refractivity contribution < 1.29 is 14.6 Å². The van der Waals surface area contributed by atoms with Crippen LogP contribution in [0.3, 0.4) is 0 Å². The Labute approximate surface area is 97.3 Å². The number of rotatable bonds is 1. The van der Waals surface area contributed by atoms with Crippen LogP contribution in [0, 0.1) is 0 Å². The highest BCUT2D eigenvalue weighted by molar-refractivity contribution is 5.37. The normalized spacial score (nSPS) is 26.1. The fourth-order valence-corrected chi connectivity index (χ4v) is 1.20. The third kappa shape index (κ3) is 8.64. The molecule has 1 saturated heterocycles. The molecule has 5 heteroatoms. The molecular formula is C11H24N2O3. The zero-order valence-corrected chi connectivity index (χ0v) is 10.4. The van der Waals surface area contributed by atoms with Gasteiger partial charge >= 0.3 is 0 Å². The average Bonchev–Trinajstić information content (AvgIpc) is 2.31. The first kappa shape index (κ1) is 15.3. The molecule has 1 rings (SSSR count). The lowest BCUT2D eigenvalue weighted by atomic mass is 10.1. The van der Waals surface area contributed by atoms with Crippen molar-refractivity contribution in [3.63, 3.8) is 0 Å². The molecule has 0 bridgehead atoms. The number of aliphatic hydroxyl groups excluding tert-OH is 1. The van der Waals surface area contributed by atoms with Crippen molar-refractivity contribution in [2.24, 2.45) is 5.73 Å². The van der Waals surface area contributed by atoms with Crippen molar-refractivity contribution >= 4 is 6.47 Å². The van der Waals surface area contributed by atoms with Crippen LogP contribution in [0.1, 0.15) is 33.6 Å². The molecule has 1 aliphatic heterocycles. The summed E-state index contributed by atoms with van der Waals surface area (Å²) in [6.07, 6.45) is 1.68. The van der Waals surface area contributed by atoms with E-state index in [4.69, 9.17) is 5.73 Å². The first-order valence-electron chi connectivity index (χ1n) is 5.62. The van der Waals surface area contributed by atoms with Gasteiger partial charge in [0, 0.05) is 12.6 Å². The predicted octanol–water partition coefficient (Wildman–Crippen LogP) is 0.0159. The van der Waals surface area contributed by atoms with Crippen LogP contribution in [0.2, 0.25) is 0 Å². The van der Waals surface area contributed by atoms with Gasteiger partial charge in [0.05, 0.1) is 6.10 Å². The quantitative estimate of drug-likeness (QED) is 0.555. The zero-order valence-electron chi connectivity index (χ0n) is 10.4. The molecule has 96 valence electrons. The molecular weight excluding hydrogens is 208 g/mol. The summed E-state index contributed by atoms with van der Waals surface area (Å²) in [6, 6.07) is -0.0139. The molecule has 0 aliphatic carbocycles. The lowest BCUT2D eigenvalue weighted by molar-refractivity contribution is -0.138. The summed E-state index contributed by atoms with van der Waals surface area (Å²) in [6.45, 7) is 7.57. The Morgan fingerprint density at radius 1 is 1.50 bits per heavy atom. The minimum Gasteiger partial charge on any atom is -0.462 e. The molecule has 0 saturated carbocycles. The van der Waals surface area contributed by atoms with E-state index in [9.17, 15) is 9.90 Å². The monoisotopic (exact) mass is 232 g/mol. The van der Waals surface area contributed by atoms with Gasteiger partial charge in [-0.1, -0.05) is 0 Å². The van der Waals surface area contributed by atoms with Gasteiger partial charge in [-0.3, -0.25) is 4.79 Å². The Kier molecular flexibility index (Phi) is 7.29. The smallest absolute Gasteiger partial charge is 0.293 e. The van der Waals surface area contributed by atoms with Crippen molar-refractivity contribution in [3.05, 3.63) is 0 Å². The van der Waals surface area contributed by atoms with Gasteiger partial charge < -0.3 is 20.9 Å². The summed E-state index contributed by atoms with van der Waals surface area (Å²) >= 11 is 0. The molecule has 0 aromatic carbocycles. The number of hydrogen-bond donors (Lipinski definition) is 3. The molecule has 16 heavy (non-hydrogen) atoms.